The zero-order chi connectivity index (χ0) is 31.4. The molecule has 5 rings (SSSR count). The zero-order valence-electron chi connectivity index (χ0n) is 24.9. The lowest BCUT2D eigenvalue weighted by atomic mass is 10.0. The summed E-state index contributed by atoms with van der Waals surface area (Å²) in [6, 6.07) is 11.2. The number of amides is 4. The highest BCUT2D eigenvalue weighted by atomic mass is 32.1. The molecule has 1 aliphatic heterocycles. The molecule has 0 radical (unpaired) electrons. The molecule has 0 spiro atoms. The predicted octanol–water partition coefficient (Wildman–Crippen LogP) is 3.57. The Kier molecular flexibility index (Phi) is 9.23. The fourth-order valence-electron chi connectivity index (χ4n) is 5.02. The number of carbonyl (C=O) groups is 4. The number of aryl methyl sites for hydroxylation is 1. The number of nitrogens with zero attached hydrogens (tertiary/aromatic N) is 3. The molecule has 4 N–H and O–H groups in total. The van der Waals surface area contributed by atoms with E-state index in [-0.39, 0.29) is 36.3 Å². The molecule has 44 heavy (non-hydrogen) atoms. The summed E-state index contributed by atoms with van der Waals surface area (Å²) in [7, 11) is 0. The summed E-state index contributed by atoms with van der Waals surface area (Å²) in [4.78, 5) is 67.1. The van der Waals surface area contributed by atoms with E-state index in [0.717, 1.165) is 5.56 Å². The average molecular weight is 618 g/mol. The van der Waals surface area contributed by atoms with E-state index in [4.69, 9.17) is 4.42 Å². The Labute approximate surface area is 258 Å². The second-order valence-electron chi connectivity index (χ2n) is 11.1. The molecule has 0 saturated carbocycles. The average Bonchev–Trinajstić information content (AvgIpc) is 3.76. The molecule has 4 bridgehead atoms. The van der Waals surface area contributed by atoms with Crippen molar-refractivity contribution in [1.82, 2.24) is 35.8 Å². The van der Waals surface area contributed by atoms with Crippen molar-refractivity contribution in [2.24, 2.45) is 5.92 Å². The highest BCUT2D eigenvalue weighted by molar-refractivity contribution is 7.09. The van der Waals surface area contributed by atoms with Gasteiger partial charge in [0.05, 0.1) is 18.6 Å². The number of nitrogens with one attached hydrogen (secondary N) is 4. The molecular formula is C31H35N7O5S. The molecule has 3 aromatic heterocycles. The number of aromatic nitrogens is 3. The van der Waals surface area contributed by atoms with E-state index < -0.39 is 41.8 Å². The van der Waals surface area contributed by atoms with Gasteiger partial charge < -0.3 is 30.3 Å². The number of benzene rings is 1. The Bertz CT molecular complexity index is 1630. The first-order valence-electron chi connectivity index (χ1n) is 14.4. The molecule has 4 amide bonds. The SMILES string of the molecule is Cc1oc2nc1C(=O)N[C@H](C)c1nc(cs1)C(=O)N[C@H](Cc1ccccc1)CN(C(=O)c1ccc[nH]1)CC(=O)N[C@H]2C(C)C. The van der Waals surface area contributed by atoms with Gasteiger partial charge in [0, 0.05) is 18.1 Å². The predicted molar refractivity (Wildman–Crippen MR) is 163 cm³/mol. The number of hydrogen-bond acceptors (Lipinski definition) is 8. The van der Waals surface area contributed by atoms with Gasteiger partial charge in [-0.3, -0.25) is 19.2 Å². The number of aromatic amines is 1. The molecule has 4 aromatic rings. The first-order chi connectivity index (χ1) is 21.1. The maximum Gasteiger partial charge on any atom is 0.274 e. The van der Waals surface area contributed by atoms with Gasteiger partial charge in [0.15, 0.2) is 5.69 Å². The minimum Gasteiger partial charge on any atom is -0.443 e. The molecule has 0 aliphatic carbocycles. The van der Waals surface area contributed by atoms with Gasteiger partial charge in [-0.1, -0.05) is 44.2 Å². The van der Waals surface area contributed by atoms with Gasteiger partial charge >= 0.3 is 0 Å². The van der Waals surface area contributed by atoms with Crippen molar-refractivity contribution < 1.29 is 23.6 Å². The smallest absolute Gasteiger partial charge is 0.274 e. The van der Waals surface area contributed by atoms with E-state index in [0.29, 0.717) is 22.9 Å². The largest absolute Gasteiger partial charge is 0.443 e. The normalized spacial score (nSPS) is 20.0. The van der Waals surface area contributed by atoms with Gasteiger partial charge in [0.2, 0.25) is 11.8 Å². The molecule has 0 saturated heterocycles. The quantitative estimate of drug-likeness (QED) is 0.272. The van der Waals surface area contributed by atoms with Crippen molar-refractivity contribution in [3.05, 3.63) is 93.3 Å². The maximum atomic E-state index is 13.7. The molecule has 3 atom stereocenters. The van der Waals surface area contributed by atoms with Gasteiger partial charge in [-0.15, -0.1) is 11.3 Å². The second kappa shape index (κ2) is 13.2. The van der Waals surface area contributed by atoms with E-state index in [2.05, 4.69) is 30.9 Å². The Hall–Kier alpha value is -4.78. The fourth-order valence-corrected chi connectivity index (χ4v) is 5.83. The van der Waals surface area contributed by atoms with Gasteiger partial charge in [0.1, 0.15) is 28.2 Å². The van der Waals surface area contributed by atoms with Crippen LogP contribution in [0.25, 0.3) is 0 Å². The summed E-state index contributed by atoms with van der Waals surface area (Å²) >= 11 is 1.25. The Morgan fingerprint density at radius 2 is 1.82 bits per heavy atom. The summed E-state index contributed by atoms with van der Waals surface area (Å²) in [5, 5.41) is 11.0. The zero-order valence-corrected chi connectivity index (χ0v) is 25.7. The number of hydrogen-bond donors (Lipinski definition) is 4. The minimum absolute atomic E-state index is 0.0456. The first-order valence-corrected chi connectivity index (χ1v) is 15.3. The number of carbonyl (C=O) groups excluding carboxylic acids is 4. The van der Waals surface area contributed by atoms with Crippen molar-refractivity contribution in [2.75, 3.05) is 13.1 Å². The van der Waals surface area contributed by atoms with E-state index in [1.54, 1.807) is 37.6 Å². The molecule has 230 valence electrons. The highest BCUT2D eigenvalue weighted by Crippen LogP contribution is 2.25. The first kappa shape index (κ1) is 30.7. The van der Waals surface area contributed by atoms with Crippen LogP contribution < -0.4 is 16.0 Å². The van der Waals surface area contributed by atoms with Crippen LogP contribution in [-0.4, -0.2) is 62.6 Å². The van der Waals surface area contributed by atoms with Crippen LogP contribution in [0.3, 0.4) is 0 Å². The molecule has 1 aromatic carbocycles. The highest BCUT2D eigenvalue weighted by Gasteiger charge is 2.31. The monoisotopic (exact) mass is 617 g/mol. The van der Waals surface area contributed by atoms with Crippen LogP contribution in [0.5, 0.6) is 0 Å². The van der Waals surface area contributed by atoms with Gasteiger partial charge in [-0.05, 0) is 43.9 Å². The Balaban J connectivity index is 1.54. The van der Waals surface area contributed by atoms with E-state index in [9.17, 15) is 19.2 Å². The Morgan fingerprint density at radius 1 is 1.05 bits per heavy atom. The van der Waals surface area contributed by atoms with Gasteiger partial charge in [-0.25, -0.2) is 9.97 Å². The van der Waals surface area contributed by atoms with Crippen LogP contribution >= 0.6 is 11.3 Å². The van der Waals surface area contributed by atoms with Gasteiger partial charge in [-0.2, -0.15) is 0 Å². The van der Waals surface area contributed by atoms with Crippen LogP contribution in [0.4, 0.5) is 0 Å². The van der Waals surface area contributed by atoms with Crippen LogP contribution in [0.2, 0.25) is 0 Å². The van der Waals surface area contributed by atoms with Crippen LogP contribution in [-0.2, 0) is 11.2 Å². The molecule has 13 heteroatoms. The topological polar surface area (TPSA) is 162 Å². The van der Waals surface area contributed by atoms with Crippen LogP contribution in [0.1, 0.15) is 86.5 Å². The van der Waals surface area contributed by atoms with Crippen molar-refractivity contribution in [2.45, 2.75) is 52.2 Å². The van der Waals surface area contributed by atoms with Gasteiger partial charge in [0.25, 0.3) is 17.7 Å². The minimum atomic E-state index is -0.664. The van der Waals surface area contributed by atoms with E-state index >= 15 is 0 Å². The number of H-pyrrole nitrogens is 1. The summed E-state index contributed by atoms with van der Waals surface area (Å²) in [5.41, 5.74) is 1.53. The molecule has 12 nitrogen and oxygen atoms in total. The maximum absolute atomic E-state index is 13.7. The standard InChI is InChI=1S/C31H35N7O5S/c1-17(2)25-29-37-26(19(4)43-29)28(41)33-18(3)30-35-23(16-44-30)27(40)34-21(13-20-9-6-5-7-10-20)14-38(15-24(39)36-25)31(42)22-11-8-12-32-22/h5-12,16-18,21,25,32H,13-15H2,1-4H3,(H,33,41)(H,34,40)(H,36,39)/t18-,21-,25+/m1/s1. The summed E-state index contributed by atoms with van der Waals surface area (Å²) in [5.74, 6) is -1.40. The lowest BCUT2D eigenvalue weighted by Gasteiger charge is -2.29. The summed E-state index contributed by atoms with van der Waals surface area (Å²) < 4.78 is 5.88. The molecule has 1 aliphatic rings. The number of fused-ring (bicyclic) bond motifs is 4. The van der Waals surface area contributed by atoms with Crippen molar-refractivity contribution in [1.29, 1.82) is 0 Å². The molecule has 0 fully saturated rings. The molecular weight excluding hydrogens is 582 g/mol. The van der Waals surface area contributed by atoms with Crippen LogP contribution in [0.15, 0.2) is 58.5 Å². The fraction of sp³-hybridized carbons (Fsp3) is 0.355. The number of thiazole rings is 1. The molecule has 0 unspecified atom stereocenters. The second-order valence-corrected chi connectivity index (χ2v) is 12.0. The lowest BCUT2D eigenvalue weighted by Crippen LogP contribution is -2.50. The van der Waals surface area contributed by atoms with Crippen LogP contribution in [0, 0.1) is 12.8 Å². The Morgan fingerprint density at radius 3 is 2.52 bits per heavy atom. The third-order valence-electron chi connectivity index (χ3n) is 7.30. The number of oxazole rings is 1. The lowest BCUT2D eigenvalue weighted by molar-refractivity contribution is -0.123. The molecule has 4 heterocycles. The third kappa shape index (κ3) is 7.05. The van der Waals surface area contributed by atoms with Crippen molar-refractivity contribution >= 4 is 35.0 Å². The van der Waals surface area contributed by atoms with E-state index in [1.807, 2.05) is 44.2 Å². The van der Waals surface area contributed by atoms with Crippen molar-refractivity contribution in [3.63, 3.8) is 0 Å². The third-order valence-corrected chi connectivity index (χ3v) is 8.33. The summed E-state index contributed by atoms with van der Waals surface area (Å²) in [6.07, 6.45) is 2.03. The van der Waals surface area contributed by atoms with E-state index in [1.165, 1.54) is 16.2 Å². The van der Waals surface area contributed by atoms with Crippen molar-refractivity contribution in [3.8, 4) is 0 Å². The summed E-state index contributed by atoms with van der Waals surface area (Å²) in [6.45, 7) is 6.94. The number of rotatable bonds is 4.